The van der Waals surface area contributed by atoms with Crippen LogP contribution >= 0.6 is 0 Å². The number of carbonyl (C=O) groups is 1. The van der Waals surface area contributed by atoms with Crippen molar-refractivity contribution in [2.75, 3.05) is 33.7 Å². The van der Waals surface area contributed by atoms with E-state index < -0.39 is 19.8 Å². The van der Waals surface area contributed by atoms with Crippen molar-refractivity contribution in [3.05, 3.63) is 85.0 Å². The van der Waals surface area contributed by atoms with Crippen LogP contribution in [0.15, 0.2) is 85.0 Å². The van der Waals surface area contributed by atoms with Crippen LogP contribution in [-0.4, -0.2) is 59.2 Å². The number of aliphatic hydroxyl groups excluding tert-OH is 1. The monoisotopic (exact) mass is 610 g/mol. The van der Waals surface area contributed by atoms with Crippen LogP contribution in [0.25, 0.3) is 0 Å². The van der Waals surface area contributed by atoms with Gasteiger partial charge in [0, 0.05) is 31.7 Å². The lowest BCUT2D eigenvalue weighted by Crippen LogP contribution is -2.67. The second-order valence-electron chi connectivity index (χ2n) is 13.8. The molecule has 0 aliphatic rings. The largest absolute Gasteiger partial charge is 0.465 e. The van der Waals surface area contributed by atoms with Crippen LogP contribution in [0.2, 0.25) is 5.04 Å². The van der Waals surface area contributed by atoms with Gasteiger partial charge in [-0.3, -0.25) is 4.79 Å². The molecular formula is C36H54O6Si. The average Bonchev–Trinajstić information content (AvgIpc) is 2.95. The third-order valence-corrected chi connectivity index (χ3v) is 12.4. The fourth-order valence-electron chi connectivity index (χ4n) is 5.00. The van der Waals surface area contributed by atoms with E-state index in [1.54, 1.807) is 7.11 Å². The van der Waals surface area contributed by atoms with Crippen LogP contribution in [0.4, 0.5) is 0 Å². The normalized spacial score (nSPS) is 14.7. The Labute approximate surface area is 261 Å². The third kappa shape index (κ3) is 10.8. The van der Waals surface area contributed by atoms with E-state index in [-0.39, 0.29) is 42.3 Å². The van der Waals surface area contributed by atoms with Gasteiger partial charge in [0.1, 0.15) is 6.79 Å². The van der Waals surface area contributed by atoms with Crippen molar-refractivity contribution in [3.8, 4) is 0 Å². The maximum atomic E-state index is 12.4. The summed E-state index contributed by atoms with van der Waals surface area (Å²) in [5.41, 5.74) is -0.861. The van der Waals surface area contributed by atoms with Crippen molar-refractivity contribution in [3.63, 3.8) is 0 Å². The van der Waals surface area contributed by atoms with E-state index >= 15 is 0 Å². The lowest BCUT2D eigenvalue weighted by molar-refractivity contribution is -0.157. The molecule has 0 radical (unpaired) electrons. The van der Waals surface area contributed by atoms with E-state index in [2.05, 4.69) is 101 Å². The van der Waals surface area contributed by atoms with E-state index in [4.69, 9.17) is 18.6 Å². The smallest absolute Gasteiger partial charge is 0.311 e. The number of benzene rings is 2. The molecule has 0 saturated heterocycles. The predicted octanol–water partition coefficient (Wildman–Crippen LogP) is 6.28. The van der Waals surface area contributed by atoms with E-state index in [1.807, 2.05) is 39.0 Å². The van der Waals surface area contributed by atoms with Crippen molar-refractivity contribution in [1.29, 1.82) is 0 Å². The van der Waals surface area contributed by atoms with Crippen molar-refractivity contribution < 1.29 is 28.5 Å². The van der Waals surface area contributed by atoms with E-state index in [0.29, 0.717) is 13.0 Å². The minimum atomic E-state index is -2.65. The molecule has 0 fully saturated rings. The zero-order chi connectivity index (χ0) is 32.2. The van der Waals surface area contributed by atoms with E-state index in [9.17, 15) is 9.90 Å². The molecule has 0 aromatic heterocycles. The quantitative estimate of drug-likeness (QED) is 0.104. The first-order chi connectivity index (χ1) is 20.2. The summed E-state index contributed by atoms with van der Waals surface area (Å²) < 4.78 is 23.8. The molecule has 2 rings (SSSR count). The molecule has 43 heavy (non-hydrogen) atoms. The third-order valence-electron chi connectivity index (χ3n) is 7.42. The van der Waals surface area contributed by atoms with Gasteiger partial charge in [-0.25, -0.2) is 0 Å². The molecule has 0 amide bonds. The van der Waals surface area contributed by atoms with Gasteiger partial charge in [-0.1, -0.05) is 120 Å². The molecule has 2 aromatic rings. The summed E-state index contributed by atoms with van der Waals surface area (Å²) in [5, 5.41) is 12.1. The highest BCUT2D eigenvalue weighted by molar-refractivity contribution is 6.99. The number of carbonyl (C=O) groups excluding carboxylic acids is 1. The Hall–Kier alpha value is -2.55. The van der Waals surface area contributed by atoms with Crippen molar-refractivity contribution in [2.24, 2.45) is 16.7 Å². The number of hydrogen-bond donors (Lipinski definition) is 1. The highest BCUT2D eigenvalue weighted by Crippen LogP contribution is 2.38. The first-order valence-corrected chi connectivity index (χ1v) is 17.1. The van der Waals surface area contributed by atoms with Crippen LogP contribution in [0.1, 0.15) is 61.8 Å². The fourth-order valence-corrected chi connectivity index (χ4v) is 9.74. The van der Waals surface area contributed by atoms with Crippen LogP contribution in [0.3, 0.4) is 0 Å². The first kappa shape index (κ1) is 36.6. The molecule has 0 spiro atoms. The van der Waals surface area contributed by atoms with Gasteiger partial charge in [0.15, 0.2) is 0 Å². The van der Waals surface area contributed by atoms with Crippen molar-refractivity contribution in [2.45, 2.75) is 73.0 Å². The van der Waals surface area contributed by atoms with Gasteiger partial charge < -0.3 is 23.7 Å². The Kier molecular flexibility index (Phi) is 14.1. The maximum absolute atomic E-state index is 12.4. The topological polar surface area (TPSA) is 74.2 Å². The fraction of sp³-hybridized carbons (Fsp3) is 0.528. The van der Waals surface area contributed by atoms with Crippen LogP contribution < -0.4 is 10.4 Å². The Bertz CT molecular complexity index is 1110. The molecule has 238 valence electrons. The van der Waals surface area contributed by atoms with Gasteiger partial charge >= 0.3 is 5.97 Å². The summed E-state index contributed by atoms with van der Waals surface area (Å²) in [6.45, 7) is 17.4. The van der Waals surface area contributed by atoms with Crippen LogP contribution in [0, 0.1) is 16.7 Å². The summed E-state index contributed by atoms with van der Waals surface area (Å²) in [7, 11) is -1.08. The van der Waals surface area contributed by atoms with Gasteiger partial charge in [0.25, 0.3) is 8.32 Å². The second-order valence-corrected chi connectivity index (χ2v) is 18.1. The zero-order valence-corrected chi connectivity index (χ0v) is 28.8. The summed E-state index contributed by atoms with van der Waals surface area (Å²) in [6, 6.07) is 21.3. The summed E-state index contributed by atoms with van der Waals surface area (Å²) in [4.78, 5) is 12.4. The number of rotatable bonds is 16. The van der Waals surface area contributed by atoms with Gasteiger partial charge in [-0.2, -0.15) is 0 Å². The molecular weight excluding hydrogens is 556 g/mol. The Morgan fingerprint density at radius 2 is 1.44 bits per heavy atom. The SMILES string of the molecule is COCO[C@H](/C=C/C=C/C(C)(C)CO[Si](c1ccccc1)(c1ccccc1)C(C)(C)C)[C@H](CCO)COC(=O)C(C)(C)C. The van der Waals surface area contributed by atoms with Gasteiger partial charge in [0.2, 0.25) is 0 Å². The summed E-state index contributed by atoms with van der Waals surface area (Å²) in [5.74, 6) is -0.505. The molecule has 0 aliphatic heterocycles. The van der Waals surface area contributed by atoms with Crippen molar-refractivity contribution >= 4 is 24.7 Å². The number of methoxy groups -OCH3 is 1. The molecule has 2 atom stereocenters. The molecule has 6 nitrogen and oxygen atoms in total. The summed E-state index contributed by atoms with van der Waals surface area (Å²) in [6.07, 6.45) is 8.06. The molecule has 2 aromatic carbocycles. The molecule has 0 unspecified atom stereocenters. The highest BCUT2D eigenvalue weighted by atomic mass is 28.4. The van der Waals surface area contributed by atoms with Crippen LogP contribution in [-0.2, 0) is 23.4 Å². The lowest BCUT2D eigenvalue weighted by Gasteiger charge is -2.44. The summed E-state index contributed by atoms with van der Waals surface area (Å²) >= 11 is 0. The lowest BCUT2D eigenvalue weighted by atomic mass is 9.94. The molecule has 7 heteroatoms. The Balaban J connectivity index is 2.26. The van der Waals surface area contributed by atoms with Gasteiger partial charge in [-0.05, 0) is 42.6 Å². The minimum Gasteiger partial charge on any atom is -0.465 e. The van der Waals surface area contributed by atoms with Gasteiger partial charge in [0.05, 0.1) is 18.1 Å². The van der Waals surface area contributed by atoms with Gasteiger partial charge in [-0.15, -0.1) is 0 Å². The Morgan fingerprint density at radius 3 is 1.91 bits per heavy atom. The second kappa shape index (κ2) is 16.5. The first-order valence-electron chi connectivity index (χ1n) is 15.2. The Morgan fingerprint density at radius 1 is 0.884 bits per heavy atom. The molecule has 1 N–H and O–H groups in total. The molecule has 0 aliphatic carbocycles. The molecule has 0 bridgehead atoms. The van der Waals surface area contributed by atoms with Crippen molar-refractivity contribution in [1.82, 2.24) is 0 Å². The predicted molar refractivity (Wildman–Crippen MR) is 178 cm³/mol. The highest BCUT2D eigenvalue weighted by Gasteiger charge is 2.50. The van der Waals surface area contributed by atoms with E-state index in [0.717, 1.165) is 0 Å². The van der Waals surface area contributed by atoms with E-state index in [1.165, 1.54) is 10.4 Å². The number of hydrogen-bond acceptors (Lipinski definition) is 6. The maximum Gasteiger partial charge on any atom is 0.311 e. The number of allylic oxidation sites excluding steroid dienone is 2. The average molecular weight is 611 g/mol. The minimum absolute atomic E-state index is 0.0408. The standard InChI is InChI=1S/C36H54O6Si/c1-34(2,3)33(38)40-26-29(23-25-37)32(41-28-39-9)22-16-17-24-36(7,8)27-42-43(35(4,5)6,30-18-12-10-13-19-30)31-20-14-11-15-21-31/h10-22,24,29,32,37H,23,25-28H2,1-9H3/b22-16+,24-17+/t29-,32-/m1/s1. The molecule has 0 heterocycles. The van der Waals surface area contributed by atoms with Crippen LogP contribution in [0.5, 0.6) is 0 Å². The number of esters is 1. The number of aliphatic hydroxyl groups is 1. The molecule has 0 saturated carbocycles. The zero-order valence-electron chi connectivity index (χ0n) is 27.8. The number of ether oxygens (including phenoxy) is 3.